The minimum Gasteiger partial charge on any atom is -0.357 e. The fourth-order valence-electron chi connectivity index (χ4n) is 1.49. The number of nitrogens with one attached hydrogen (secondary N) is 2. The third-order valence-corrected chi connectivity index (χ3v) is 2.95. The first-order valence-electron chi connectivity index (χ1n) is 6.34. The molecule has 1 rings (SSSR count). The van der Waals surface area contributed by atoms with E-state index in [9.17, 15) is 17.6 Å². The minimum atomic E-state index is -4.22. The molecular weight excluding hydrogens is 481 g/mol. The predicted octanol–water partition coefficient (Wildman–Crippen LogP) is 4.21. The molecule has 22 heavy (non-hydrogen) atoms. The van der Waals surface area contributed by atoms with E-state index in [0.29, 0.717) is 16.6 Å². The van der Waals surface area contributed by atoms with E-state index < -0.39 is 18.4 Å². The molecule has 0 heterocycles. The summed E-state index contributed by atoms with van der Waals surface area (Å²) >= 11 is 3.23. The normalized spacial score (nSPS) is 11.8. The van der Waals surface area contributed by atoms with Crippen molar-refractivity contribution in [3.63, 3.8) is 0 Å². The largest absolute Gasteiger partial charge is 0.390 e. The Balaban J connectivity index is 0.00000441. The Hall–Kier alpha value is -0.580. The fourth-order valence-corrected chi connectivity index (χ4v) is 1.90. The molecule has 0 aliphatic rings. The summed E-state index contributed by atoms with van der Waals surface area (Å²) in [6.07, 6.45) is -5.18. The minimum absolute atomic E-state index is 0. The van der Waals surface area contributed by atoms with Crippen molar-refractivity contribution in [1.82, 2.24) is 10.6 Å². The summed E-state index contributed by atoms with van der Waals surface area (Å²) in [5, 5.41) is 5.38. The van der Waals surface area contributed by atoms with Crippen molar-refractivity contribution in [2.45, 2.75) is 26.1 Å². The molecular formula is C13H17BrF4IN3. The highest BCUT2D eigenvalue weighted by atomic mass is 127. The molecule has 126 valence electrons. The summed E-state index contributed by atoms with van der Waals surface area (Å²) in [6, 6.07) is 4.45. The van der Waals surface area contributed by atoms with E-state index in [-0.39, 0.29) is 43.0 Å². The number of hydrogen-bond acceptors (Lipinski definition) is 1. The van der Waals surface area contributed by atoms with Gasteiger partial charge in [0.25, 0.3) is 0 Å². The molecule has 0 aliphatic carbocycles. The van der Waals surface area contributed by atoms with E-state index in [1.807, 2.05) is 0 Å². The van der Waals surface area contributed by atoms with E-state index in [4.69, 9.17) is 0 Å². The maximum atomic E-state index is 13.5. The number of rotatable bonds is 5. The van der Waals surface area contributed by atoms with Crippen LogP contribution in [0.2, 0.25) is 0 Å². The summed E-state index contributed by atoms with van der Waals surface area (Å²) in [5.41, 5.74) is 0.359. The maximum absolute atomic E-state index is 13.5. The van der Waals surface area contributed by atoms with Gasteiger partial charge in [-0.25, -0.2) is 9.38 Å². The summed E-state index contributed by atoms with van der Waals surface area (Å²) in [7, 11) is 0. The smallest absolute Gasteiger partial charge is 0.357 e. The standard InChI is InChI=1S/C13H16BrF4N3.HI/c1-2-19-12(20-6-5-13(16,17)18)21-8-9-7-10(14)3-4-11(9)15;/h3-4,7H,2,5-6,8H2,1H3,(H2,19,20,21);1H. The van der Waals surface area contributed by atoms with Gasteiger partial charge in [-0.15, -0.1) is 24.0 Å². The van der Waals surface area contributed by atoms with Gasteiger partial charge in [0.2, 0.25) is 0 Å². The van der Waals surface area contributed by atoms with Gasteiger partial charge in [-0.2, -0.15) is 13.2 Å². The molecule has 0 bridgehead atoms. The maximum Gasteiger partial charge on any atom is 0.390 e. The second-order valence-electron chi connectivity index (χ2n) is 4.22. The topological polar surface area (TPSA) is 36.4 Å². The van der Waals surface area contributed by atoms with Gasteiger partial charge in [0.15, 0.2) is 5.96 Å². The Morgan fingerprint density at radius 1 is 1.27 bits per heavy atom. The van der Waals surface area contributed by atoms with Crippen LogP contribution in [-0.2, 0) is 6.54 Å². The van der Waals surface area contributed by atoms with E-state index in [0.717, 1.165) is 0 Å². The highest BCUT2D eigenvalue weighted by Gasteiger charge is 2.26. The van der Waals surface area contributed by atoms with Crippen LogP contribution in [0.3, 0.4) is 0 Å². The van der Waals surface area contributed by atoms with E-state index >= 15 is 0 Å². The monoisotopic (exact) mass is 497 g/mol. The van der Waals surface area contributed by atoms with E-state index in [1.165, 1.54) is 6.07 Å². The quantitative estimate of drug-likeness (QED) is 0.277. The average molecular weight is 498 g/mol. The number of alkyl halides is 3. The molecule has 0 fully saturated rings. The zero-order valence-corrected chi connectivity index (χ0v) is 15.7. The van der Waals surface area contributed by atoms with Gasteiger partial charge >= 0.3 is 6.18 Å². The highest BCUT2D eigenvalue weighted by molar-refractivity contribution is 14.0. The van der Waals surface area contributed by atoms with E-state index in [2.05, 4.69) is 31.6 Å². The van der Waals surface area contributed by atoms with Crippen LogP contribution in [-0.4, -0.2) is 25.2 Å². The Labute approximate surface area is 152 Å². The van der Waals surface area contributed by atoms with Crippen LogP contribution < -0.4 is 10.6 Å². The number of halogens is 6. The van der Waals surface area contributed by atoms with E-state index in [1.54, 1.807) is 19.1 Å². The van der Waals surface area contributed by atoms with Crippen LogP contribution in [0.15, 0.2) is 27.7 Å². The molecule has 0 unspecified atom stereocenters. The average Bonchev–Trinajstić information content (AvgIpc) is 2.38. The summed E-state index contributed by atoms with van der Waals surface area (Å²) in [5.74, 6) is -0.186. The fraction of sp³-hybridized carbons (Fsp3) is 0.462. The Kier molecular flexibility index (Phi) is 9.97. The Morgan fingerprint density at radius 2 is 1.95 bits per heavy atom. The molecule has 0 radical (unpaired) electrons. The number of benzene rings is 1. The van der Waals surface area contributed by atoms with Crippen LogP contribution >= 0.6 is 39.9 Å². The molecule has 9 heteroatoms. The summed E-state index contributed by atoms with van der Waals surface area (Å²) < 4.78 is 50.5. The zero-order chi connectivity index (χ0) is 15.9. The lowest BCUT2D eigenvalue weighted by atomic mass is 10.2. The van der Waals surface area contributed by atoms with Gasteiger partial charge in [-0.05, 0) is 25.1 Å². The van der Waals surface area contributed by atoms with Crippen LogP contribution in [0.1, 0.15) is 18.9 Å². The number of hydrogen-bond donors (Lipinski definition) is 2. The Morgan fingerprint density at radius 3 is 2.55 bits per heavy atom. The first-order chi connectivity index (χ1) is 9.81. The third-order valence-electron chi connectivity index (χ3n) is 2.46. The molecule has 3 nitrogen and oxygen atoms in total. The van der Waals surface area contributed by atoms with Gasteiger partial charge in [0.05, 0.1) is 13.0 Å². The molecule has 1 aromatic carbocycles. The summed E-state index contributed by atoms with van der Waals surface area (Å²) in [4.78, 5) is 4.07. The first-order valence-corrected chi connectivity index (χ1v) is 7.14. The molecule has 0 amide bonds. The van der Waals surface area contributed by atoms with Crippen LogP contribution in [0.25, 0.3) is 0 Å². The van der Waals surface area contributed by atoms with Crippen LogP contribution in [0, 0.1) is 5.82 Å². The second kappa shape index (κ2) is 10.2. The molecule has 0 spiro atoms. The molecule has 0 aliphatic heterocycles. The van der Waals surface area contributed by atoms with Crippen LogP contribution in [0.4, 0.5) is 17.6 Å². The third kappa shape index (κ3) is 8.76. The lowest BCUT2D eigenvalue weighted by Crippen LogP contribution is -2.38. The van der Waals surface area contributed by atoms with Crippen molar-refractivity contribution < 1.29 is 17.6 Å². The lowest BCUT2D eigenvalue weighted by molar-refractivity contribution is -0.132. The zero-order valence-electron chi connectivity index (χ0n) is 11.8. The van der Waals surface area contributed by atoms with Crippen molar-refractivity contribution >= 4 is 45.9 Å². The highest BCUT2D eigenvalue weighted by Crippen LogP contribution is 2.18. The Bertz CT molecular complexity index is 495. The molecule has 0 saturated carbocycles. The van der Waals surface area contributed by atoms with Gasteiger partial charge in [-0.1, -0.05) is 15.9 Å². The first kappa shape index (κ1) is 21.4. The summed E-state index contributed by atoms with van der Waals surface area (Å²) in [6.45, 7) is 2.04. The van der Waals surface area contributed by atoms with Crippen molar-refractivity contribution in [2.24, 2.45) is 4.99 Å². The SMILES string of the molecule is CCNC(=NCc1cc(Br)ccc1F)NCCC(F)(F)F.I. The van der Waals surface area contributed by atoms with Gasteiger partial charge in [-0.3, -0.25) is 0 Å². The van der Waals surface area contributed by atoms with Crippen molar-refractivity contribution in [3.8, 4) is 0 Å². The van der Waals surface area contributed by atoms with Crippen molar-refractivity contribution in [3.05, 3.63) is 34.1 Å². The number of guanidine groups is 1. The lowest BCUT2D eigenvalue weighted by Gasteiger charge is -2.12. The number of nitrogens with zero attached hydrogens (tertiary/aromatic N) is 1. The van der Waals surface area contributed by atoms with Crippen molar-refractivity contribution in [2.75, 3.05) is 13.1 Å². The molecule has 2 N–H and O–H groups in total. The van der Waals surface area contributed by atoms with Crippen molar-refractivity contribution in [1.29, 1.82) is 0 Å². The predicted molar refractivity (Wildman–Crippen MR) is 93.0 cm³/mol. The second-order valence-corrected chi connectivity index (χ2v) is 5.14. The van der Waals surface area contributed by atoms with Gasteiger partial charge in [0, 0.05) is 23.1 Å². The molecule has 0 saturated heterocycles. The molecule has 1 aromatic rings. The van der Waals surface area contributed by atoms with Crippen LogP contribution in [0.5, 0.6) is 0 Å². The van der Waals surface area contributed by atoms with Gasteiger partial charge < -0.3 is 10.6 Å². The molecule has 0 aromatic heterocycles. The van der Waals surface area contributed by atoms with Gasteiger partial charge in [0.1, 0.15) is 5.82 Å². The molecule has 0 atom stereocenters. The number of aliphatic imine (C=N–C) groups is 1.